The second-order valence-corrected chi connectivity index (χ2v) is 16.0. The molecule has 0 spiro atoms. The van der Waals surface area contributed by atoms with Crippen LogP contribution in [0, 0.1) is 11.3 Å². The fourth-order valence-electron chi connectivity index (χ4n) is 6.65. The van der Waals surface area contributed by atoms with Crippen LogP contribution in [-0.4, -0.2) is 148 Å². The smallest absolute Gasteiger partial charge is 0.475 e. The quantitative estimate of drug-likeness (QED) is 0.0924. The number of ether oxygens (including phenoxy) is 2. The number of hydrogen-bond acceptors (Lipinski definition) is 13. The van der Waals surface area contributed by atoms with Crippen molar-refractivity contribution in [1.82, 2.24) is 39.9 Å². The first-order chi connectivity index (χ1) is 33.4. The molecule has 73 heavy (non-hydrogen) atoms. The highest BCUT2D eigenvalue weighted by atomic mass is 19.4. The number of aliphatic carboxylic acids is 4. The van der Waals surface area contributed by atoms with Gasteiger partial charge in [-0.2, -0.15) is 76.2 Å². The van der Waals surface area contributed by atoms with Crippen LogP contribution in [0.5, 0.6) is 5.88 Å². The standard InChI is InChI=1S/C31H34F3N9O2.4C2HF3O2/c1-29(17-44-18-29)39-12-20-10-25(31(32,33)34)41-26(11-20)45-23-4-2-22(3-5-23)42-15-30(16-42,7-8-35)43-14-21(13-40-43)27-24-6-9-36-28(24)38-19-37-27;4*3-2(4,5)1(6)7/h6,9-11,13-14,19,22-23,39H,2-5,7,12,15-18H2,1H3,(H,36,37,38);4*(H,6,7). The topological polar surface area (TPSA) is 279 Å². The van der Waals surface area contributed by atoms with E-state index in [1.54, 1.807) is 12.3 Å². The average molecular weight is 1080 g/mol. The molecule has 2 saturated heterocycles. The molecule has 4 aromatic heterocycles. The van der Waals surface area contributed by atoms with Gasteiger partial charge in [-0.15, -0.1) is 0 Å². The molecule has 4 aromatic rings. The van der Waals surface area contributed by atoms with Crippen molar-refractivity contribution in [2.75, 3.05) is 26.3 Å². The Balaban J connectivity index is 0.000000410. The molecular weight excluding hydrogens is 1040 g/mol. The van der Waals surface area contributed by atoms with Crippen LogP contribution >= 0.6 is 0 Å². The molecule has 0 aromatic carbocycles. The first-order valence-electron chi connectivity index (χ1n) is 20.1. The number of H-pyrrole nitrogens is 1. The third kappa shape index (κ3) is 17.9. The Morgan fingerprint density at radius 3 is 1.77 bits per heavy atom. The Bertz CT molecular complexity index is 2460. The molecule has 2 aliphatic heterocycles. The van der Waals surface area contributed by atoms with Crippen LogP contribution in [0.2, 0.25) is 0 Å². The van der Waals surface area contributed by atoms with Crippen molar-refractivity contribution in [2.45, 2.75) is 99.7 Å². The number of nitrogens with zero attached hydrogens (tertiary/aromatic N) is 7. The predicted molar refractivity (Wildman–Crippen MR) is 212 cm³/mol. The number of aromatic nitrogens is 6. The SMILES string of the molecule is CC1(NCc2cc(OC3CCC(N4CC(CC#N)(n5cc(-c6ncnc7[nH]ccc67)cn5)C4)CC3)nc(C(F)(F)F)c2)COC1.O=C(O)C(F)(F)F.O=C(O)C(F)(F)F.O=C(O)C(F)(F)F.O=C(O)C(F)(F)F. The van der Waals surface area contributed by atoms with Crippen LogP contribution < -0.4 is 10.1 Å². The molecule has 7 rings (SSSR count). The Hall–Kier alpha value is -7.02. The maximum Gasteiger partial charge on any atom is 0.490 e. The third-order valence-electron chi connectivity index (χ3n) is 10.2. The van der Waals surface area contributed by atoms with Crippen LogP contribution in [0.4, 0.5) is 65.9 Å². The summed E-state index contributed by atoms with van der Waals surface area (Å²) in [5.41, 5.74) is 1.26. The van der Waals surface area contributed by atoms with Crippen LogP contribution in [0.1, 0.15) is 50.3 Å². The molecule has 0 unspecified atom stereocenters. The van der Waals surface area contributed by atoms with Crippen molar-refractivity contribution in [3.05, 3.63) is 54.4 Å². The first-order valence-corrected chi connectivity index (χ1v) is 20.1. The van der Waals surface area contributed by atoms with Crippen LogP contribution in [-0.2, 0) is 42.2 Å². The molecule has 0 radical (unpaired) electrons. The summed E-state index contributed by atoms with van der Waals surface area (Å²) < 4.78 is 181. The van der Waals surface area contributed by atoms with Crippen molar-refractivity contribution >= 4 is 34.9 Å². The van der Waals surface area contributed by atoms with E-state index in [1.165, 1.54) is 6.33 Å². The summed E-state index contributed by atoms with van der Waals surface area (Å²) in [6.45, 7) is 4.67. The molecule has 19 nitrogen and oxygen atoms in total. The number of carboxylic acids is 4. The molecular formula is C39H38F15N9O10. The zero-order chi connectivity index (χ0) is 55.5. The lowest BCUT2D eigenvalue weighted by Gasteiger charge is -2.53. The molecule has 404 valence electrons. The van der Waals surface area contributed by atoms with E-state index >= 15 is 0 Å². The van der Waals surface area contributed by atoms with Gasteiger partial charge < -0.3 is 40.2 Å². The van der Waals surface area contributed by atoms with E-state index in [1.807, 2.05) is 30.1 Å². The minimum atomic E-state index is -5.08. The van der Waals surface area contributed by atoms with Crippen molar-refractivity contribution in [2.24, 2.45) is 0 Å². The van der Waals surface area contributed by atoms with E-state index in [2.05, 4.69) is 41.3 Å². The van der Waals surface area contributed by atoms with Gasteiger partial charge in [-0.3, -0.25) is 9.58 Å². The van der Waals surface area contributed by atoms with Gasteiger partial charge in [-0.05, 0) is 50.3 Å². The number of halogens is 15. The first kappa shape index (κ1) is 60.3. The lowest BCUT2D eigenvalue weighted by Crippen LogP contribution is -2.65. The van der Waals surface area contributed by atoms with E-state index in [0.717, 1.165) is 41.2 Å². The van der Waals surface area contributed by atoms with Gasteiger partial charge in [-0.1, -0.05) is 0 Å². The van der Waals surface area contributed by atoms with Gasteiger partial charge in [0.05, 0.1) is 43.1 Å². The van der Waals surface area contributed by atoms with E-state index in [9.17, 15) is 71.1 Å². The van der Waals surface area contributed by atoms with Gasteiger partial charge >= 0.3 is 54.8 Å². The summed E-state index contributed by atoms with van der Waals surface area (Å²) in [5.74, 6) is -11.0. The van der Waals surface area contributed by atoms with E-state index in [-0.39, 0.29) is 24.1 Å². The number of alkyl halides is 15. The second kappa shape index (κ2) is 23.7. The molecule has 3 aliphatic rings. The highest BCUT2D eigenvalue weighted by molar-refractivity contribution is 5.90. The second-order valence-electron chi connectivity index (χ2n) is 16.0. The van der Waals surface area contributed by atoms with Crippen LogP contribution in [0.25, 0.3) is 22.3 Å². The van der Waals surface area contributed by atoms with Gasteiger partial charge in [0.15, 0.2) is 0 Å². The number of aromatic amines is 1. The van der Waals surface area contributed by atoms with Crippen molar-refractivity contribution < 1.29 is 115 Å². The molecule has 6 N–H and O–H groups in total. The zero-order valence-electron chi connectivity index (χ0n) is 36.8. The Kier molecular flexibility index (Phi) is 19.6. The van der Waals surface area contributed by atoms with E-state index in [4.69, 9.17) is 49.1 Å². The number of carbonyl (C=O) groups is 4. The minimum absolute atomic E-state index is 0.00663. The van der Waals surface area contributed by atoms with Crippen molar-refractivity contribution in [1.29, 1.82) is 5.26 Å². The van der Waals surface area contributed by atoms with Crippen molar-refractivity contribution in [3.63, 3.8) is 0 Å². The molecule has 0 amide bonds. The zero-order valence-corrected chi connectivity index (χ0v) is 36.8. The van der Waals surface area contributed by atoms with Crippen molar-refractivity contribution in [3.8, 4) is 23.2 Å². The normalized spacial score (nSPS) is 18.4. The summed E-state index contributed by atoms with van der Waals surface area (Å²) >= 11 is 0. The van der Waals surface area contributed by atoms with Gasteiger partial charge in [0.1, 0.15) is 29.3 Å². The predicted octanol–water partition coefficient (Wildman–Crippen LogP) is 6.96. The molecule has 0 atom stereocenters. The van der Waals surface area contributed by atoms with Gasteiger partial charge in [0, 0.05) is 55.1 Å². The minimum Gasteiger partial charge on any atom is -0.475 e. The number of nitriles is 1. The Morgan fingerprint density at radius 1 is 0.822 bits per heavy atom. The number of rotatable bonds is 9. The Morgan fingerprint density at radius 2 is 1.33 bits per heavy atom. The fourth-order valence-corrected chi connectivity index (χ4v) is 6.65. The number of likely N-dealkylation sites (tertiary alicyclic amines) is 1. The van der Waals surface area contributed by atoms with Crippen LogP contribution in [0.15, 0.2) is 43.1 Å². The molecule has 1 aliphatic carbocycles. The number of nitrogens with one attached hydrogen (secondary N) is 2. The molecule has 0 bridgehead atoms. The van der Waals surface area contributed by atoms with Gasteiger partial charge in [0.2, 0.25) is 5.88 Å². The van der Waals surface area contributed by atoms with E-state index in [0.29, 0.717) is 57.2 Å². The average Bonchev–Trinajstić information content (AvgIpc) is 3.94. The summed E-state index contributed by atoms with van der Waals surface area (Å²) in [4.78, 5) is 53.6. The monoisotopic (exact) mass is 1080 g/mol. The highest BCUT2D eigenvalue weighted by Gasteiger charge is 2.49. The number of carboxylic acid groups (broad SMARTS) is 4. The molecule has 6 heterocycles. The molecule has 3 fully saturated rings. The summed E-state index contributed by atoms with van der Waals surface area (Å²) in [6.07, 6.45) is -14.6. The number of hydrogen-bond donors (Lipinski definition) is 6. The third-order valence-corrected chi connectivity index (χ3v) is 10.2. The molecule has 34 heteroatoms. The van der Waals surface area contributed by atoms with Gasteiger partial charge in [0.25, 0.3) is 0 Å². The largest absolute Gasteiger partial charge is 0.490 e. The highest BCUT2D eigenvalue weighted by Crippen LogP contribution is 2.39. The van der Waals surface area contributed by atoms with Gasteiger partial charge in [-0.25, -0.2) is 34.1 Å². The maximum absolute atomic E-state index is 13.6. The summed E-state index contributed by atoms with van der Waals surface area (Å²) in [6, 6.07) is 7.26. The van der Waals surface area contributed by atoms with E-state index < -0.39 is 66.0 Å². The maximum atomic E-state index is 13.6. The number of pyridine rings is 1. The summed E-state index contributed by atoms with van der Waals surface area (Å²) in [5, 5.41) is 47.0. The number of fused-ring (bicyclic) bond motifs is 1. The lowest BCUT2D eigenvalue weighted by atomic mass is 9.82. The van der Waals surface area contributed by atoms with Crippen LogP contribution in [0.3, 0.4) is 0 Å². The Labute approximate surface area is 398 Å². The fraction of sp³-hybridized carbons (Fsp3) is 0.513. The lowest BCUT2D eigenvalue weighted by molar-refractivity contribution is -0.193. The summed E-state index contributed by atoms with van der Waals surface area (Å²) in [7, 11) is 0. The molecule has 1 saturated carbocycles.